The van der Waals surface area contributed by atoms with Crippen LogP contribution in [-0.2, 0) is 4.74 Å². The minimum atomic E-state index is -0.484. The molecule has 5 heteroatoms. The van der Waals surface area contributed by atoms with Crippen molar-refractivity contribution < 1.29 is 9.53 Å². The maximum Gasteiger partial charge on any atom is 0.407 e. The van der Waals surface area contributed by atoms with Gasteiger partial charge in [-0.25, -0.2) is 4.79 Å². The fourth-order valence-electron chi connectivity index (χ4n) is 2.24. The molecular weight excluding hydrogens is 242 g/mol. The monoisotopic (exact) mass is 267 g/mol. The Kier molecular flexibility index (Phi) is 5.61. The highest BCUT2D eigenvalue weighted by Gasteiger charge is 2.26. The lowest BCUT2D eigenvalue weighted by Gasteiger charge is -2.23. The number of nitrogens with zero attached hydrogens (tertiary/aromatic N) is 2. The van der Waals surface area contributed by atoms with Crippen LogP contribution in [0.15, 0.2) is 0 Å². The molecule has 1 aliphatic rings. The first-order valence-electron chi connectivity index (χ1n) is 6.87. The highest BCUT2D eigenvalue weighted by atomic mass is 16.6. The Bertz CT molecular complexity index is 344. The molecule has 5 nitrogen and oxygen atoms in total. The number of nitrogens with one attached hydrogen (secondary N) is 1. The van der Waals surface area contributed by atoms with Crippen molar-refractivity contribution in [1.82, 2.24) is 10.2 Å². The van der Waals surface area contributed by atoms with Crippen LogP contribution in [0.5, 0.6) is 0 Å². The van der Waals surface area contributed by atoms with Gasteiger partial charge in [0.1, 0.15) is 5.60 Å². The Balaban J connectivity index is 2.46. The second-order valence-electron chi connectivity index (χ2n) is 6.26. The van der Waals surface area contributed by atoms with Gasteiger partial charge < -0.3 is 15.0 Å². The lowest BCUT2D eigenvalue weighted by atomic mass is 9.89. The van der Waals surface area contributed by atoms with E-state index in [1.165, 1.54) is 0 Å². The summed E-state index contributed by atoms with van der Waals surface area (Å²) in [7, 11) is 2.07. The summed E-state index contributed by atoms with van der Waals surface area (Å²) in [4.78, 5) is 13.9. The van der Waals surface area contributed by atoms with Crippen molar-refractivity contribution in [2.75, 3.05) is 26.7 Å². The third-order valence-electron chi connectivity index (χ3n) is 3.35. The fraction of sp³-hybridized carbons (Fsp3) is 0.857. The zero-order valence-corrected chi connectivity index (χ0v) is 12.4. The maximum atomic E-state index is 11.6. The number of hydrogen-bond acceptors (Lipinski definition) is 4. The molecule has 0 saturated carbocycles. The molecule has 1 aliphatic heterocycles. The number of alkyl carbamates (subject to hydrolysis) is 1. The number of carbonyl (C=O) groups is 1. The summed E-state index contributed by atoms with van der Waals surface area (Å²) in [6.07, 6.45) is 1.40. The molecule has 1 rings (SSSR count). The smallest absolute Gasteiger partial charge is 0.407 e. The van der Waals surface area contributed by atoms with Gasteiger partial charge >= 0.3 is 6.09 Å². The number of rotatable bonds is 2. The summed E-state index contributed by atoms with van der Waals surface area (Å²) < 4.78 is 5.21. The molecule has 19 heavy (non-hydrogen) atoms. The molecule has 0 bridgehead atoms. The summed E-state index contributed by atoms with van der Waals surface area (Å²) in [5.74, 6) is 0.224. The Labute approximate surface area is 115 Å². The Morgan fingerprint density at radius 1 is 1.42 bits per heavy atom. The van der Waals surface area contributed by atoms with Gasteiger partial charge in [-0.15, -0.1) is 0 Å². The van der Waals surface area contributed by atoms with Crippen molar-refractivity contribution in [3.63, 3.8) is 0 Å². The van der Waals surface area contributed by atoms with Gasteiger partial charge in [0.15, 0.2) is 0 Å². The first-order valence-corrected chi connectivity index (χ1v) is 6.87. The van der Waals surface area contributed by atoms with E-state index in [2.05, 4.69) is 23.3 Å². The van der Waals surface area contributed by atoms with Crippen LogP contribution >= 0.6 is 0 Å². The van der Waals surface area contributed by atoms with E-state index < -0.39 is 11.7 Å². The minimum Gasteiger partial charge on any atom is -0.444 e. The van der Waals surface area contributed by atoms with Crippen molar-refractivity contribution in [2.24, 2.45) is 11.8 Å². The first-order chi connectivity index (χ1) is 8.81. The molecule has 2 atom stereocenters. The number of nitriles is 1. The summed E-state index contributed by atoms with van der Waals surface area (Å²) in [6.45, 7) is 7.95. The standard InChI is InChI=1S/C14H25N3O2/c1-14(2,3)19-13(18)16-10-12-6-8-17(4)7-5-11(12)9-15/h11-12H,5-8,10H2,1-4H3,(H,16,18). The summed E-state index contributed by atoms with van der Waals surface area (Å²) >= 11 is 0. The normalized spacial score (nSPS) is 25.2. The quantitative estimate of drug-likeness (QED) is 0.831. The second kappa shape index (κ2) is 6.76. The lowest BCUT2D eigenvalue weighted by Crippen LogP contribution is -2.37. The van der Waals surface area contributed by atoms with Crippen LogP contribution in [0.1, 0.15) is 33.6 Å². The van der Waals surface area contributed by atoms with E-state index >= 15 is 0 Å². The van der Waals surface area contributed by atoms with E-state index in [0.717, 1.165) is 25.9 Å². The van der Waals surface area contributed by atoms with Crippen molar-refractivity contribution in [3.05, 3.63) is 0 Å². The van der Waals surface area contributed by atoms with Crippen LogP contribution in [0.3, 0.4) is 0 Å². The topological polar surface area (TPSA) is 65.4 Å². The predicted molar refractivity (Wildman–Crippen MR) is 73.6 cm³/mol. The van der Waals surface area contributed by atoms with E-state index in [-0.39, 0.29) is 11.8 Å². The Hall–Kier alpha value is -1.28. The van der Waals surface area contributed by atoms with Gasteiger partial charge in [0.25, 0.3) is 0 Å². The predicted octanol–water partition coefficient (Wildman–Crippen LogP) is 1.99. The minimum absolute atomic E-state index is 0.0138. The van der Waals surface area contributed by atoms with Crippen molar-refractivity contribution in [1.29, 1.82) is 5.26 Å². The van der Waals surface area contributed by atoms with Crippen molar-refractivity contribution >= 4 is 6.09 Å². The lowest BCUT2D eigenvalue weighted by molar-refractivity contribution is 0.0515. The molecule has 1 fully saturated rings. The zero-order valence-electron chi connectivity index (χ0n) is 12.4. The van der Waals surface area contributed by atoms with Crippen LogP contribution in [0.2, 0.25) is 0 Å². The SMILES string of the molecule is CN1CCC(C#N)C(CNC(=O)OC(C)(C)C)CC1. The van der Waals surface area contributed by atoms with E-state index in [1.807, 2.05) is 20.8 Å². The van der Waals surface area contributed by atoms with E-state index in [1.54, 1.807) is 0 Å². The number of amides is 1. The molecule has 0 aromatic heterocycles. The largest absolute Gasteiger partial charge is 0.444 e. The van der Waals surface area contributed by atoms with Gasteiger partial charge in [0, 0.05) is 6.54 Å². The molecule has 1 N–H and O–H groups in total. The Morgan fingerprint density at radius 2 is 2.05 bits per heavy atom. The van der Waals surface area contributed by atoms with E-state index in [0.29, 0.717) is 6.54 Å². The molecule has 1 amide bonds. The average Bonchev–Trinajstić information content (AvgIpc) is 2.46. The second-order valence-corrected chi connectivity index (χ2v) is 6.26. The molecule has 108 valence electrons. The van der Waals surface area contributed by atoms with Crippen molar-refractivity contribution in [2.45, 2.75) is 39.2 Å². The summed E-state index contributed by atoms with van der Waals surface area (Å²) in [5, 5.41) is 12.0. The molecule has 1 heterocycles. The fourth-order valence-corrected chi connectivity index (χ4v) is 2.24. The van der Waals surface area contributed by atoms with Crippen LogP contribution < -0.4 is 5.32 Å². The molecule has 0 aliphatic carbocycles. The molecule has 0 aromatic rings. The number of carbonyl (C=O) groups excluding carboxylic acids is 1. The van der Waals surface area contributed by atoms with E-state index in [9.17, 15) is 10.1 Å². The van der Waals surface area contributed by atoms with Crippen LogP contribution in [-0.4, -0.2) is 43.3 Å². The third kappa shape index (κ3) is 5.93. The van der Waals surface area contributed by atoms with Gasteiger partial charge in [0.2, 0.25) is 0 Å². The molecule has 0 aromatic carbocycles. The van der Waals surface area contributed by atoms with Gasteiger partial charge in [-0.1, -0.05) is 0 Å². The third-order valence-corrected chi connectivity index (χ3v) is 3.35. The highest BCUT2D eigenvalue weighted by Crippen LogP contribution is 2.22. The van der Waals surface area contributed by atoms with Gasteiger partial charge in [-0.3, -0.25) is 0 Å². The zero-order chi connectivity index (χ0) is 14.5. The van der Waals surface area contributed by atoms with Crippen LogP contribution in [0.4, 0.5) is 4.79 Å². The van der Waals surface area contributed by atoms with Gasteiger partial charge in [-0.05, 0) is 59.7 Å². The summed E-state index contributed by atoms with van der Waals surface area (Å²) in [6, 6.07) is 2.37. The Morgan fingerprint density at radius 3 is 2.63 bits per heavy atom. The molecule has 2 unspecified atom stereocenters. The molecule has 1 saturated heterocycles. The maximum absolute atomic E-state index is 11.6. The molecule has 0 radical (unpaired) electrons. The van der Waals surface area contributed by atoms with Crippen molar-refractivity contribution in [3.8, 4) is 6.07 Å². The van der Waals surface area contributed by atoms with Crippen LogP contribution in [0.25, 0.3) is 0 Å². The average molecular weight is 267 g/mol. The molecule has 0 spiro atoms. The molecular formula is C14H25N3O2. The van der Waals surface area contributed by atoms with Gasteiger partial charge in [-0.2, -0.15) is 5.26 Å². The first kappa shape index (κ1) is 15.8. The summed E-state index contributed by atoms with van der Waals surface area (Å²) in [5.41, 5.74) is -0.484. The van der Waals surface area contributed by atoms with E-state index in [4.69, 9.17) is 4.74 Å². The number of hydrogen-bond donors (Lipinski definition) is 1. The number of likely N-dealkylation sites (tertiary alicyclic amines) is 1. The van der Waals surface area contributed by atoms with Crippen LogP contribution in [0, 0.1) is 23.2 Å². The van der Waals surface area contributed by atoms with Gasteiger partial charge in [0.05, 0.1) is 12.0 Å². The number of ether oxygens (including phenoxy) is 1. The highest BCUT2D eigenvalue weighted by molar-refractivity contribution is 5.67.